The van der Waals surface area contributed by atoms with E-state index in [1.165, 1.54) is 0 Å². The molecule has 4 heteroatoms. The number of amides is 2. The lowest BCUT2D eigenvalue weighted by Crippen LogP contribution is -2.37. The Morgan fingerprint density at radius 1 is 1.39 bits per heavy atom. The van der Waals surface area contributed by atoms with Gasteiger partial charge in [-0.2, -0.15) is 0 Å². The summed E-state index contributed by atoms with van der Waals surface area (Å²) in [5.74, 6) is 0. The number of hydrogen-bond acceptors (Lipinski definition) is 2. The topological polar surface area (TPSA) is 50.4 Å². The number of rotatable bonds is 4. The van der Waals surface area contributed by atoms with Gasteiger partial charge >= 0.3 is 6.03 Å². The third-order valence-electron chi connectivity index (χ3n) is 2.80. The van der Waals surface area contributed by atoms with Crippen LogP contribution in [0.2, 0.25) is 0 Å². The highest BCUT2D eigenvalue weighted by atomic mass is 16.5. The average molecular weight is 246 g/mol. The van der Waals surface area contributed by atoms with Crippen LogP contribution in [0.5, 0.6) is 0 Å². The maximum absolute atomic E-state index is 11.5. The van der Waals surface area contributed by atoms with Crippen molar-refractivity contribution >= 4 is 12.1 Å². The molecule has 1 saturated heterocycles. The van der Waals surface area contributed by atoms with Gasteiger partial charge in [0.2, 0.25) is 0 Å². The number of carbonyl (C=O) groups is 1. The molecule has 18 heavy (non-hydrogen) atoms. The first-order valence-electron chi connectivity index (χ1n) is 6.22. The van der Waals surface area contributed by atoms with E-state index in [9.17, 15) is 4.79 Å². The Kier molecular flexibility index (Phi) is 4.78. The van der Waals surface area contributed by atoms with Gasteiger partial charge in [-0.3, -0.25) is 0 Å². The summed E-state index contributed by atoms with van der Waals surface area (Å²) in [6.07, 6.45) is 5.78. The van der Waals surface area contributed by atoms with Gasteiger partial charge in [-0.15, -0.1) is 0 Å². The third kappa shape index (κ3) is 4.22. The summed E-state index contributed by atoms with van der Waals surface area (Å²) in [5.41, 5.74) is 1.05. The molecule has 1 aliphatic heterocycles. The monoisotopic (exact) mass is 246 g/mol. The number of benzene rings is 1. The van der Waals surface area contributed by atoms with Crippen LogP contribution in [0.4, 0.5) is 4.79 Å². The first kappa shape index (κ1) is 12.6. The van der Waals surface area contributed by atoms with Gasteiger partial charge in [0.05, 0.1) is 6.10 Å². The summed E-state index contributed by atoms with van der Waals surface area (Å²) in [5, 5.41) is 5.45. The second-order valence-corrected chi connectivity index (χ2v) is 4.23. The second kappa shape index (κ2) is 6.81. The molecule has 2 amide bonds. The maximum Gasteiger partial charge on any atom is 0.318 e. The van der Waals surface area contributed by atoms with Crippen molar-refractivity contribution in [1.29, 1.82) is 0 Å². The van der Waals surface area contributed by atoms with Gasteiger partial charge in [-0.25, -0.2) is 4.79 Å². The van der Waals surface area contributed by atoms with Crippen molar-refractivity contribution in [1.82, 2.24) is 10.6 Å². The standard InChI is InChI=1S/C14H18N2O2/c17-14(16-11-13-7-4-10-18-13)15-9-8-12-5-2-1-3-6-12/h1-3,5-6,8-9,13H,4,7,10-11H2,(H2,15,16,17)/b9-8+. The molecule has 1 unspecified atom stereocenters. The highest BCUT2D eigenvalue weighted by molar-refractivity contribution is 5.75. The van der Waals surface area contributed by atoms with Gasteiger partial charge in [0.25, 0.3) is 0 Å². The molecule has 2 N–H and O–H groups in total. The molecule has 0 spiro atoms. The molecule has 96 valence electrons. The van der Waals surface area contributed by atoms with Gasteiger partial charge in [0.1, 0.15) is 0 Å². The van der Waals surface area contributed by atoms with Gasteiger partial charge in [0, 0.05) is 19.4 Å². The summed E-state index contributed by atoms with van der Waals surface area (Å²) in [4.78, 5) is 11.5. The van der Waals surface area contributed by atoms with Gasteiger partial charge < -0.3 is 15.4 Å². The second-order valence-electron chi connectivity index (χ2n) is 4.23. The zero-order chi connectivity index (χ0) is 12.6. The molecule has 1 aromatic rings. The van der Waals surface area contributed by atoms with E-state index in [1.54, 1.807) is 6.20 Å². The minimum Gasteiger partial charge on any atom is -0.376 e. The van der Waals surface area contributed by atoms with E-state index in [0.717, 1.165) is 25.0 Å². The van der Waals surface area contributed by atoms with E-state index in [1.807, 2.05) is 36.4 Å². The Bertz CT molecular complexity index is 398. The molecule has 1 fully saturated rings. The fraction of sp³-hybridized carbons (Fsp3) is 0.357. The van der Waals surface area contributed by atoms with Crippen LogP contribution in [-0.2, 0) is 4.74 Å². The lowest BCUT2D eigenvalue weighted by atomic mass is 10.2. The molecule has 0 aromatic heterocycles. The first-order chi connectivity index (χ1) is 8.84. The van der Waals surface area contributed by atoms with Crippen LogP contribution >= 0.6 is 0 Å². The number of ether oxygens (including phenoxy) is 1. The van der Waals surface area contributed by atoms with Gasteiger partial charge in [0.15, 0.2) is 0 Å². The van der Waals surface area contributed by atoms with Crippen molar-refractivity contribution in [3.8, 4) is 0 Å². The van der Waals surface area contributed by atoms with Crippen LogP contribution in [0.1, 0.15) is 18.4 Å². The molecule has 2 rings (SSSR count). The smallest absolute Gasteiger partial charge is 0.318 e. The molecule has 0 bridgehead atoms. The molecule has 0 aliphatic carbocycles. The summed E-state index contributed by atoms with van der Waals surface area (Å²) in [7, 11) is 0. The Morgan fingerprint density at radius 2 is 2.22 bits per heavy atom. The fourth-order valence-corrected chi connectivity index (χ4v) is 1.84. The van der Waals surface area contributed by atoms with Crippen molar-refractivity contribution in [2.75, 3.05) is 13.2 Å². The van der Waals surface area contributed by atoms with Crippen LogP contribution in [0.3, 0.4) is 0 Å². The first-order valence-corrected chi connectivity index (χ1v) is 6.22. The van der Waals surface area contributed by atoms with Crippen molar-refractivity contribution in [3.63, 3.8) is 0 Å². The largest absolute Gasteiger partial charge is 0.376 e. The van der Waals surface area contributed by atoms with Crippen molar-refractivity contribution in [2.24, 2.45) is 0 Å². The van der Waals surface area contributed by atoms with Gasteiger partial charge in [-0.05, 0) is 24.5 Å². The molecule has 1 aromatic carbocycles. The summed E-state index contributed by atoms with van der Waals surface area (Å²) >= 11 is 0. The van der Waals surface area contributed by atoms with E-state index >= 15 is 0 Å². The van der Waals surface area contributed by atoms with Crippen molar-refractivity contribution < 1.29 is 9.53 Å². The maximum atomic E-state index is 11.5. The molecular weight excluding hydrogens is 228 g/mol. The zero-order valence-corrected chi connectivity index (χ0v) is 10.3. The number of urea groups is 1. The Labute approximate surface area is 107 Å². The lowest BCUT2D eigenvalue weighted by molar-refractivity contribution is 0.111. The average Bonchev–Trinajstić information content (AvgIpc) is 2.91. The molecular formula is C14H18N2O2. The van der Waals surface area contributed by atoms with Crippen LogP contribution in [0.25, 0.3) is 6.08 Å². The summed E-state index contributed by atoms with van der Waals surface area (Å²) < 4.78 is 5.42. The SMILES string of the molecule is O=C(N/C=C/c1ccccc1)NCC1CCCO1. The van der Waals surface area contributed by atoms with Crippen LogP contribution in [-0.4, -0.2) is 25.3 Å². The zero-order valence-electron chi connectivity index (χ0n) is 10.3. The normalized spacial score (nSPS) is 19.0. The van der Waals surface area contributed by atoms with E-state index in [0.29, 0.717) is 6.54 Å². The Morgan fingerprint density at radius 3 is 2.94 bits per heavy atom. The summed E-state index contributed by atoms with van der Waals surface area (Å²) in [6.45, 7) is 1.38. The van der Waals surface area contributed by atoms with E-state index in [4.69, 9.17) is 4.74 Å². The highest BCUT2D eigenvalue weighted by Crippen LogP contribution is 2.10. The van der Waals surface area contributed by atoms with E-state index in [2.05, 4.69) is 10.6 Å². The van der Waals surface area contributed by atoms with Crippen LogP contribution in [0, 0.1) is 0 Å². The van der Waals surface area contributed by atoms with E-state index < -0.39 is 0 Å². The Hall–Kier alpha value is -1.81. The fourth-order valence-electron chi connectivity index (χ4n) is 1.84. The lowest BCUT2D eigenvalue weighted by Gasteiger charge is -2.10. The summed E-state index contributed by atoms with van der Waals surface area (Å²) in [6, 6.07) is 9.62. The molecule has 0 saturated carbocycles. The Balaban J connectivity index is 1.66. The predicted molar refractivity (Wildman–Crippen MR) is 71.0 cm³/mol. The molecule has 1 heterocycles. The van der Waals surface area contributed by atoms with Crippen LogP contribution in [0.15, 0.2) is 36.5 Å². The third-order valence-corrected chi connectivity index (χ3v) is 2.80. The quantitative estimate of drug-likeness (QED) is 0.855. The van der Waals surface area contributed by atoms with Crippen LogP contribution < -0.4 is 10.6 Å². The van der Waals surface area contributed by atoms with Crippen molar-refractivity contribution in [3.05, 3.63) is 42.1 Å². The predicted octanol–water partition coefficient (Wildman–Crippen LogP) is 2.14. The number of nitrogens with one attached hydrogen (secondary N) is 2. The molecule has 0 radical (unpaired) electrons. The molecule has 4 nitrogen and oxygen atoms in total. The highest BCUT2D eigenvalue weighted by Gasteiger charge is 2.15. The van der Waals surface area contributed by atoms with Crippen molar-refractivity contribution in [2.45, 2.75) is 18.9 Å². The minimum absolute atomic E-state index is 0.175. The van der Waals surface area contributed by atoms with Gasteiger partial charge in [-0.1, -0.05) is 30.3 Å². The number of hydrogen-bond donors (Lipinski definition) is 2. The van der Waals surface area contributed by atoms with E-state index in [-0.39, 0.29) is 12.1 Å². The number of carbonyl (C=O) groups excluding carboxylic acids is 1. The molecule has 1 atom stereocenters. The molecule has 1 aliphatic rings. The minimum atomic E-state index is -0.197.